The molecule has 0 heterocycles. The minimum atomic E-state index is -1.08. The number of hydrogen-bond donors (Lipinski definition) is 0. The van der Waals surface area contributed by atoms with Gasteiger partial charge in [-0.05, 0) is 0 Å². The standard InChI is InChI=1S/C6H9O2.3Rf/c1-5(7)8-6(2,3)4;;;/h2-4H2,1H3;;;/q-3;;;. The fourth-order valence-electron chi connectivity index (χ4n) is 0.305. The van der Waals surface area contributed by atoms with Crippen molar-refractivity contribution in [1.82, 2.24) is 0 Å². The third kappa shape index (κ3) is 59.8. The molecule has 0 aromatic heterocycles. The van der Waals surface area contributed by atoms with Gasteiger partial charge in [-0.3, -0.25) is 10.4 Å². The Hall–Kier alpha value is -3.53. The minimum Gasteiger partial charge on any atom is -0.555 e. The molecule has 11 heavy (non-hydrogen) atoms. The van der Waals surface area contributed by atoms with E-state index in [1.165, 1.54) is 6.92 Å². The van der Waals surface area contributed by atoms with E-state index in [1.807, 2.05) is 0 Å². The summed E-state index contributed by atoms with van der Waals surface area (Å²) < 4.78 is 4.47. The van der Waals surface area contributed by atoms with Gasteiger partial charge in [0.1, 0.15) is 0 Å². The zero-order valence-corrected chi connectivity index (χ0v) is 26.3. The van der Waals surface area contributed by atoms with E-state index in [-0.39, 0.29) is 0 Å². The normalized spacial score (nSPS) is 8.00. The number of carbonyl (C=O) groups excluding carboxylic acids is 1. The van der Waals surface area contributed by atoms with Crippen LogP contribution in [-0.2, 0) is 9.53 Å². The summed E-state index contributed by atoms with van der Waals surface area (Å²) in [4.78, 5) is 10.1. The third-order valence-electron chi connectivity index (χ3n) is 0.360. The molecule has 0 spiro atoms. The van der Waals surface area contributed by atoms with Gasteiger partial charge in [0, 0.05) is 6.92 Å². The van der Waals surface area contributed by atoms with Crippen LogP contribution in [0.5, 0.6) is 0 Å². The molecule has 0 unspecified atom stereocenters. The van der Waals surface area contributed by atoms with Crippen molar-refractivity contribution in [2.24, 2.45) is 0 Å². The van der Waals surface area contributed by atoms with Gasteiger partial charge in [0.25, 0.3) is 5.97 Å². The van der Waals surface area contributed by atoms with Gasteiger partial charge < -0.3 is 25.5 Å². The number of carbonyl (C=O) groups is 1. The average Bonchev–Trinajstić information content (AvgIpc) is 1.21. The molecule has 0 saturated carbocycles. The molecule has 0 aliphatic rings. The number of hydrogen-bond acceptors (Lipinski definition) is 2. The van der Waals surface area contributed by atoms with Crippen LogP contribution in [0.4, 0.5) is 0 Å². The fraction of sp³-hybridized carbons (Fsp3) is 0.333. The molecule has 54 valence electrons. The average molecular weight is 914 g/mol. The Morgan fingerprint density at radius 2 is 1.45 bits per heavy atom. The molecule has 0 aromatic carbocycles. The maximum absolute atomic E-state index is 10.1. The maximum atomic E-state index is 10.1. The second kappa shape index (κ2) is 4.62. The zero-order valence-electron chi connectivity index (χ0n) is 7.06. The molecule has 0 aromatic rings. The van der Waals surface area contributed by atoms with Crippen molar-refractivity contribution in [3.05, 3.63) is 20.8 Å². The Labute approximate surface area is 49.8 Å². The topological polar surface area (TPSA) is 26.3 Å². The molecule has 2 nitrogen and oxygen atoms in total. The molecule has 0 amide bonds. The van der Waals surface area contributed by atoms with Crippen molar-refractivity contribution in [2.45, 2.75) is 12.5 Å². The molecule has 0 aliphatic heterocycles. The summed E-state index contributed by atoms with van der Waals surface area (Å²) in [6.45, 7) is 11.3. The minimum absolute atomic E-state index is 0. The molecule has 0 aliphatic carbocycles. The number of rotatable bonds is 1. The van der Waals surface area contributed by atoms with Crippen LogP contribution in [0.25, 0.3) is 0 Å². The Kier molecular flexibility index (Phi) is 10.9. The first-order chi connectivity index (χ1) is 3.42. The van der Waals surface area contributed by atoms with Crippen molar-refractivity contribution in [3.63, 3.8) is 0 Å². The van der Waals surface area contributed by atoms with Crippen LogP contribution < -0.4 is 0 Å². The molecule has 0 fully saturated rings. The van der Waals surface area contributed by atoms with Gasteiger partial charge in [0.05, 0.1) is 0 Å². The van der Waals surface area contributed by atoms with E-state index in [2.05, 4.69) is 25.5 Å². The summed E-state index contributed by atoms with van der Waals surface area (Å²) in [5.41, 5.74) is -1.08. The predicted octanol–water partition coefficient (Wildman–Crippen LogP) is 0.791. The van der Waals surface area contributed by atoms with Crippen molar-refractivity contribution < 1.29 is 9.53 Å². The zero-order chi connectivity index (χ0) is 6.78. The molecule has 0 radical (unpaired) electrons. The summed E-state index contributed by atoms with van der Waals surface area (Å²) in [5.74, 6) is -0.412. The third-order valence-corrected chi connectivity index (χ3v) is 0.360. The van der Waals surface area contributed by atoms with Crippen molar-refractivity contribution in [3.8, 4) is 0 Å². The van der Waals surface area contributed by atoms with E-state index in [1.54, 1.807) is 0 Å². The summed E-state index contributed by atoms with van der Waals surface area (Å²) in [6.07, 6.45) is 0. The Balaban J connectivity index is -0.0000000817. The first kappa shape index (κ1) is 26.0. The van der Waals surface area contributed by atoms with Crippen LogP contribution >= 0.6 is 0 Å². The predicted molar refractivity (Wildman–Crippen MR) is 30.6 cm³/mol. The summed E-state index contributed by atoms with van der Waals surface area (Å²) in [7, 11) is 0. The summed E-state index contributed by atoms with van der Waals surface area (Å²) in [5, 5.41) is 0. The van der Waals surface area contributed by atoms with Crippen LogP contribution in [0.15, 0.2) is 0 Å². The Morgan fingerprint density at radius 3 is 1.45 bits per heavy atom. The molecule has 0 N–H and O–H groups in total. The Bertz CT molecular complexity index is 98.5. The second-order valence-corrected chi connectivity index (χ2v) is 1.78. The van der Waals surface area contributed by atoms with Crippen molar-refractivity contribution in [2.75, 3.05) is 0 Å². The van der Waals surface area contributed by atoms with Crippen molar-refractivity contribution >= 4 is 5.97 Å². The van der Waals surface area contributed by atoms with E-state index in [0.717, 1.165) is 0 Å². The molecule has 5 heteroatoms. The fourth-order valence-corrected chi connectivity index (χ4v) is 0.305. The molecular formula is C6H9O2Rf3-3. The van der Waals surface area contributed by atoms with Gasteiger partial charge in [-0.25, -0.2) is 0 Å². The summed E-state index contributed by atoms with van der Waals surface area (Å²) in [6, 6.07) is 0. The molecule has 0 bridgehead atoms. The SMILES string of the molecule is [CH2-]C([CH2-])([CH2-])OC(C)=O.[Rf].[Rf].[Rf]. The largest absolute Gasteiger partial charge is 0.555 e. The molecule has 0 saturated heterocycles. The smallest absolute Gasteiger partial charge is 0.295 e. The van der Waals surface area contributed by atoms with Crippen LogP contribution in [0, 0.1) is 20.8 Å². The van der Waals surface area contributed by atoms with Gasteiger partial charge in [-0.15, -0.1) is 0 Å². The van der Waals surface area contributed by atoms with Gasteiger partial charge in [-0.2, -0.15) is 0 Å². The van der Waals surface area contributed by atoms with E-state index in [0.29, 0.717) is 0 Å². The molecular weight excluding hydrogens is 905 g/mol. The van der Waals surface area contributed by atoms with Crippen LogP contribution in [0.1, 0.15) is 6.92 Å². The molecule has 0 rings (SSSR count). The quantitative estimate of drug-likeness (QED) is 0.288. The van der Waals surface area contributed by atoms with Crippen LogP contribution in [-0.4, -0.2) is 11.6 Å². The first-order valence-electron chi connectivity index (χ1n) is 2.17. The second-order valence-electron chi connectivity index (χ2n) is 1.78. The Morgan fingerprint density at radius 1 is 1.18 bits per heavy atom. The van der Waals surface area contributed by atoms with E-state index < -0.39 is 11.6 Å². The number of esters is 1. The maximum Gasteiger partial charge on any atom is 0.295 e. The van der Waals surface area contributed by atoms with Gasteiger partial charge in [0.15, 0.2) is 0 Å². The summed E-state index contributed by atoms with van der Waals surface area (Å²) >= 11 is 0. The van der Waals surface area contributed by atoms with Gasteiger partial charge >= 0.3 is 0 Å². The molecule has 0 atom stereocenters. The first-order valence-corrected chi connectivity index (χ1v) is 2.17. The monoisotopic (exact) mass is 914 g/mol. The van der Waals surface area contributed by atoms with Crippen molar-refractivity contribution in [1.29, 1.82) is 0 Å². The number of ether oxygens (including phenoxy) is 1. The van der Waals surface area contributed by atoms with Gasteiger partial charge in [-0.1, -0.05) is 0 Å². The van der Waals surface area contributed by atoms with Crippen LogP contribution in [0.3, 0.4) is 0 Å². The van der Waals surface area contributed by atoms with E-state index >= 15 is 0 Å². The van der Waals surface area contributed by atoms with E-state index in [4.69, 9.17) is 0 Å². The van der Waals surface area contributed by atoms with E-state index in [9.17, 15) is 4.79 Å². The van der Waals surface area contributed by atoms with Gasteiger partial charge in [0.2, 0.25) is 0 Å². The van der Waals surface area contributed by atoms with Crippen LogP contribution in [0.2, 0.25) is 0 Å².